The first kappa shape index (κ1) is 9.96. The lowest BCUT2D eigenvalue weighted by Crippen LogP contribution is -2.34. The van der Waals surface area contributed by atoms with Crippen LogP contribution in [0, 0.1) is 5.82 Å². The van der Waals surface area contributed by atoms with Crippen LogP contribution in [0.5, 0.6) is 0 Å². The number of rotatable bonds is 2. The molecule has 0 aromatic heterocycles. The molecule has 15 heavy (non-hydrogen) atoms. The van der Waals surface area contributed by atoms with E-state index < -0.39 is 6.09 Å². The van der Waals surface area contributed by atoms with Crippen LogP contribution in [0.3, 0.4) is 0 Å². The quantitative estimate of drug-likeness (QED) is 0.785. The molecule has 0 saturated heterocycles. The first-order valence-electron chi connectivity index (χ1n) is 4.78. The molecule has 4 heteroatoms. The summed E-state index contributed by atoms with van der Waals surface area (Å²) in [5.74, 6) is -0.110. The molecule has 2 N–H and O–H groups in total. The molecule has 1 aliphatic carbocycles. The predicted octanol–water partition coefficient (Wildman–Crippen LogP) is 2.34. The van der Waals surface area contributed by atoms with Crippen molar-refractivity contribution in [3.8, 4) is 0 Å². The fraction of sp³-hybridized carbons (Fsp3) is 0.364. The molecule has 0 heterocycles. The van der Waals surface area contributed by atoms with E-state index in [1.807, 2.05) is 6.92 Å². The van der Waals surface area contributed by atoms with Crippen LogP contribution in [0.1, 0.15) is 24.8 Å². The van der Waals surface area contributed by atoms with Crippen LogP contribution in [0.4, 0.5) is 9.18 Å². The summed E-state index contributed by atoms with van der Waals surface area (Å²) in [6.07, 6.45) is -0.243. The lowest BCUT2D eigenvalue weighted by atomic mass is 10.1. The normalized spacial score (nSPS) is 28.5. The summed E-state index contributed by atoms with van der Waals surface area (Å²) in [6.45, 7) is 1.86. The van der Waals surface area contributed by atoms with Gasteiger partial charge in [0.1, 0.15) is 5.82 Å². The second-order valence-corrected chi connectivity index (χ2v) is 4.16. The predicted molar refractivity (Wildman–Crippen MR) is 53.3 cm³/mol. The number of halogens is 1. The van der Waals surface area contributed by atoms with Crippen LogP contribution in [0.2, 0.25) is 0 Å². The molecule has 2 atom stereocenters. The van der Waals surface area contributed by atoms with Gasteiger partial charge in [-0.05, 0) is 31.0 Å². The number of carbonyl (C=O) groups is 1. The van der Waals surface area contributed by atoms with E-state index in [0.29, 0.717) is 0 Å². The van der Waals surface area contributed by atoms with Gasteiger partial charge < -0.3 is 10.4 Å². The number of hydrogen-bond acceptors (Lipinski definition) is 1. The van der Waals surface area contributed by atoms with Crippen molar-refractivity contribution in [3.63, 3.8) is 0 Å². The zero-order valence-electron chi connectivity index (χ0n) is 8.33. The van der Waals surface area contributed by atoms with Gasteiger partial charge >= 0.3 is 6.09 Å². The molecular formula is C11H12FNO2. The molecule has 80 valence electrons. The van der Waals surface area contributed by atoms with Crippen molar-refractivity contribution >= 4 is 6.09 Å². The number of benzene rings is 1. The molecule has 1 fully saturated rings. The average molecular weight is 209 g/mol. The summed E-state index contributed by atoms with van der Waals surface area (Å²) in [7, 11) is 0. The van der Waals surface area contributed by atoms with Gasteiger partial charge in [0, 0.05) is 11.5 Å². The van der Waals surface area contributed by atoms with Crippen molar-refractivity contribution in [3.05, 3.63) is 35.6 Å². The first-order valence-corrected chi connectivity index (χ1v) is 4.78. The summed E-state index contributed by atoms with van der Waals surface area (Å²) in [6, 6.07) is 6.20. The fourth-order valence-corrected chi connectivity index (χ4v) is 1.93. The molecule has 1 aromatic rings. The van der Waals surface area contributed by atoms with Crippen molar-refractivity contribution in [2.45, 2.75) is 24.8 Å². The monoisotopic (exact) mass is 209 g/mol. The Hall–Kier alpha value is -1.58. The summed E-state index contributed by atoms with van der Waals surface area (Å²) in [5, 5.41) is 11.1. The van der Waals surface area contributed by atoms with Gasteiger partial charge in [0.05, 0.1) is 0 Å². The topological polar surface area (TPSA) is 49.3 Å². The van der Waals surface area contributed by atoms with Gasteiger partial charge in [0.25, 0.3) is 0 Å². The second-order valence-electron chi connectivity index (χ2n) is 4.16. The maximum atomic E-state index is 12.7. The molecule has 1 amide bonds. The van der Waals surface area contributed by atoms with Crippen LogP contribution >= 0.6 is 0 Å². The molecule has 2 rings (SSSR count). The second kappa shape index (κ2) is 3.22. The van der Waals surface area contributed by atoms with Crippen LogP contribution in [0.25, 0.3) is 0 Å². The summed E-state index contributed by atoms with van der Waals surface area (Å²) in [5.41, 5.74) is 0.594. The lowest BCUT2D eigenvalue weighted by molar-refractivity contribution is 0.189. The van der Waals surface area contributed by atoms with Crippen LogP contribution in [-0.2, 0) is 0 Å². The van der Waals surface area contributed by atoms with Crippen LogP contribution in [0.15, 0.2) is 24.3 Å². The SMILES string of the molecule is C[C@@]1(NC(=O)O)CC1c1ccc(F)cc1. The number of carboxylic acid groups (broad SMARTS) is 1. The molecule has 1 aromatic carbocycles. The highest BCUT2D eigenvalue weighted by Crippen LogP contribution is 2.50. The zero-order valence-corrected chi connectivity index (χ0v) is 8.33. The Balaban J connectivity index is 2.10. The van der Waals surface area contributed by atoms with Gasteiger partial charge in [-0.1, -0.05) is 12.1 Å². The van der Waals surface area contributed by atoms with E-state index in [1.54, 1.807) is 12.1 Å². The Kier molecular flexibility index (Phi) is 2.14. The number of nitrogens with one attached hydrogen (secondary N) is 1. The maximum Gasteiger partial charge on any atom is 0.405 e. The Bertz CT molecular complexity index is 390. The standard InChI is InChI=1S/C11H12FNO2/c1-11(13-10(14)15)6-9(11)7-2-4-8(12)5-3-7/h2-5,9,13H,6H2,1H3,(H,14,15)/t9?,11-/m1/s1. The molecule has 0 radical (unpaired) electrons. The molecule has 0 aliphatic heterocycles. The van der Waals surface area contributed by atoms with E-state index in [1.165, 1.54) is 12.1 Å². The van der Waals surface area contributed by atoms with Gasteiger partial charge in [-0.25, -0.2) is 9.18 Å². The van der Waals surface area contributed by atoms with E-state index in [4.69, 9.17) is 5.11 Å². The Morgan fingerprint density at radius 2 is 2.13 bits per heavy atom. The van der Waals surface area contributed by atoms with Gasteiger partial charge in [-0.2, -0.15) is 0 Å². The van der Waals surface area contributed by atoms with Crippen molar-refractivity contribution in [2.75, 3.05) is 0 Å². The molecule has 1 unspecified atom stereocenters. The van der Waals surface area contributed by atoms with Crippen LogP contribution in [-0.4, -0.2) is 16.7 Å². The summed E-state index contributed by atoms with van der Waals surface area (Å²) < 4.78 is 12.7. The molecule has 1 aliphatic rings. The lowest BCUT2D eigenvalue weighted by Gasteiger charge is -2.10. The molecule has 0 bridgehead atoms. The van der Waals surface area contributed by atoms with Gasteiger partial charge in [-0.3, -0.25) is 0 Å². The summed E-state index contributed by atoms with van der Waals surface area (Å²) in [4.78, 5) is 10.5. The zero-order chi connectivity index (χ0) is 11.1. The minimum atomic E-state index is -1.01. The van der Waals surface area contributed by atoms with E-state index >= 15 is 0 Å². The average Bonchev–Trinajstić information content (AvgIpc) is 2.77. The third kappa shape index (κ3) is 1.93. The highest BCUT2D eigenvalue weighted by Gasteiger charge is 2.52. The molecule has 1 saturated carbocycles. The van der Waals surface area contributed by atoms with Gasteiger partial charge in [0.15, 0.2) is 0 Å². The number of hydrogen-bond donors (Lipinski definition) is 2. The minimum Gasteiger partial charge on any atom is -0.465 e. The Labute approximate surface area is 86.9 Å². The van der Waals surface area contributed by atoms with E-state index in [0.717, 1.165) is 12.0 Å². The smallest absolute Gasteiger partial charge is 0.405 e. The third-order valence-electron chi connectivity index (χ3n) is 2.90. The highest BCUT2D eigenvalue weighted by molar-refractivity contribution is 5.67. The summed E-state index contributed by atoms with van der Waals surface area (Å²) >= 11 is 0. The van der Waals surface area contributed by atoms with Gasteiger partial charge in [-0.15, -0.1) is 0 Å². The number of amides is 1. The fourth-order valence-electron chi connectivity index (χ4n) is 1.93. The van der Waals surface area contributed by atoms with E-state index in [2.05, 4.69) is 5.32 Å². The van der Waals surface area contributed by atoms with Crippen molar-refractivity contribution < 1.29 is 14.3 Å². The Morgan fingerprint density at radius 1 is 1.53 bits per heavy atom. The van der Waals surface area contributed by atoms with Crippen molar-refractivity contribution in [1.29, 1.82) is 0 Å². The first-order chi connectivity index (χ1) is 7.01. The van der Waals surface area contributed by atoms with Crippen LogP contribution < -0.4 is 5.32 Å². The highest BCUT2D eigenvalue weighted by atomic mass is 19.1. The van der Waals surface area contributed by atoms with Crippen molar-refractivity contribution in [2.24, 2.45) is 0 Å². The van der Waals surface area contributed by atoms with E-state index in [9.17, 15) is 9.18 Å². The molecule has 0 spiro atoms. The maximum absolute atomic E-state index is 12.7. The molecule has 3 nitrogen and oxygen atoms in total. The Morgan fingerprint density at radius 3 is 2.67 bits per heavy atom. The molecular weight excluding hydrogens is 197 g/mol. The largest absolute Gasteiger partial charge is 0.465 e. The van der Waals surface area contributed by atoms with E-state index in [-0.39, 0.29) is 17.3 Å². The van der Waals surface area contributed by atoms with Crippen molar-refractivity contribution in [1.82, 2.24) is 5.32 Å². The minimum absolute atomic E-state index is 0.161. The third-order valence-corrected chi connectivity index (χ3v) is 2.90. The van der Waals surface area contributed by atoms with Gasteiger partial charge in [0.2, 0.25) is 0 Å².